The number of aromatic nitrogens is 2. The van der Waals surface area contributed by atoms with E-state index < -0.39 is 23.6 Å². The van der Waals surface area contributed by atoms with Crippen molar-refractivity contribution in [3.05, 3.63) is 64.7 Å². The first-order valence-electron chi connectivity index (χ1n) is 7.80. The lowest BCUT2D eigenvalue weighted by Gasteiger charge is -2.16. The highest BCUT2D eigenvalue weighted by atomic mass is 32.1. The summed E-state index contributed by atoms with van der Waals surface area (Å²) in [6.07, 6.45) is 5.00. The fourth-order valence-electron chi connectivity index (χ4n) is 2.55. The van der Waals surface area contributed by atoms with Crippen LogP contribution in [-0.2, 0) is 16.0 Å². The first kappa shape index (κ1) is 17.6. The van der Waals surface area contributed by atoms with Crippen molar-refractivity contribution in [2.45, 2.75) is 12.5 Å². The van der Waals surface area contributed by atoms with E-state index in [0.29, 0.717) is 16.8 Å². The summed E-state index contributed by atoms with van der Waals surface area (Å²) in [4.78, 5) is 43.3. The fraction of sp³-hybridized carbons (Fsp3) is 0.111. The van der Waals surface area contributed by atoms with Crippen LogP contribution in [0.5, 0.6) is 0 Å². The van der Waals surface area contributed by atoms with Crippen LogP contribution in [0.2, 0.25) is 0 Å². The Hall–Kier alpha value is -3.26. The van der Waals surface area contributed by atoms with Gasteiger partial charge in [0.1, 0.15) is 6.04 Å². The molecule has 1 atom stereocenters. The van der Waals surface area contributed by atoms with Crippen LogP contribution in [0.15, 0.2) is 53.6 Å². The molecule has 0 aromatic carbocycles. The van der Waals surface area contributed by atoms with Gasteiger partial charge in [0.15, 0.2) is 0 Å². The summed E-state index contributed by atoms with van der Waals surface area (Å²) in [5.74, 6) is -2.40. The Morgan fingerprint density at radius 3 is 2.73 bits per heavy atom. The first-order chi connectivity index (χ1) is 12.6. The molecule has 3 heterocycles. The minimum Gasteiger partial charge on any atom is -0.366 e. The molecule has 0 radical (unpaired) electrons. The lowest BCUT2D eigenvalue weighted by atomic mass is 10.0. The number of nitrogens with one attached hydrogen (secondary N) is 2. The molecule has 3 aromatic rings. The molecule has 0 spiro atoms. The average molecular weight is 368 g/mol. The lowest BCUT2D eigenvalue weighted by Crippen LogP contribution is -2.47. The van der Waals surface area contributed by atoms with Crippen LogP contribution in [-0.4, -0.2) is 33.6 Å². The molecule has 3 aromatic heterocycles. The first-order valence-corrected chi connectivity index (χ1v) is 8.74. The highest BCUT2D eigenvalue weighted by Crippen LogP contribution is 2.21. The SMILES string of the molecule is NC(=O)C(=O)C(Cc1ccsc1)NC(=O)c1c[nH]cc1-c1ccccn1. The van der Waals surface area contributed by atoms with Crippen LogP contribution in [0, 0.1) is 0 Å². The molecule has 1 unspecified atom stereocenters. The summed E-state index contributed by atoms with van der Waals surface area (Å²) in [6, 6.07) is 6.16. The van der Waals surface area contributed by atoms with Gasteiger partial charge in [-0.2, -0.15) is 11.3 Å². The number of carbonyl (C=O) groups is 3. The number of aromatic amines is 1. The number of ketones is 1. The van der Waals surface area contributed by atoms with Crippen LogP contribution in [0.1, 0.15) is 15.9 Å². The topological polar surface area (TPSA) is 118 Å². The maximum absolute atomic E-state index is 12.7. The summed E-state index contributed by atoms with van der Waals surface area (Å²) in [6.45, 7) is 0. The van der Waals surface area contributed by atoms with Gasteiger partial charge in [-0.3, -0.25) is 19.4 Å². The Bertz CT molecular complexity index is 919. The molecule has 2 amide bonds. The van der Waals surface area contributed by atoms with Gasteiger partial charge in [0.05, 0.1) is 11.3 Å². The third kappa shape index (κ3) is 3.86. The molecule has 132 valence electrons. The zero-order valence-corrected chi connectivity index (χ0v) is 14.5. The largest absolute Gasteiger partial charge is 0.366 e. The molecule has 0 aliphatic carbocycles. The molecule has 0 aliphatic rings. The van der Waals surface area contributed by atoms with E-state index in [2.05, 4.69) is 15.3 Å². The maximum Gasteiger partial charge on any atom is 0.287 e. The van der Waals surface area contributed by atoms with Crippen molar-refractivity contribution >= 4 is 28.9 Å². The number of pyridine rings is 1. The molecular formula is C18H16N4O3S. The van der Waals surface area contributed by atoms with E-state index in [1.807, 2.05) is 22.9 Å². The number of hydrogen-bond donors (Lipinski definition) is 3. The predicted octanol–water partition coefficient (Wildman–Crippen LogP) is 1.53. The lowest BCUT2D eigenvalue weighted by molar-refractivity contribution is -0.137. The van der Waals surface area contributed by atoms with E-state index in [-0.39, 0.29) is 6.42 Å². The Morgan fingerprint density at radius 2 is 2.08 bits per heavy atom. The standard InChI is InChI=1S/C18H16N4O3S/c19-17(24)16(23)15(7-11-4-6-26-10-11)22-18(25)13-9-20-8-12(13)14-3-1-2-5-21-14/h1-6,8-10,15,20H,7H2,(H2,19,24)(H,22,25). The number of nitrogens with zero attached hydrogens (tertiary/aromatic N) is 1. The zero-order chi connectivity index (χ0) is 18.5. The quantitative estimate of drug-likeness (QED) is 0.548. The molecule has 0 saturated heterocycles. The van der Waals surface area contributed by atoms with Gasteiger partial charge >= 0.3 is 0 Å². The molecule has 4 N–H and O–H groups in total. The van der Waals surface area contributed by atoms with Crippen LogP contribution in [0.3, 0.4) is 0 Å². The Kier molecular flexibility index (Phi) is 5.23. The summed E-state index contributed by atoms with van der Waals surface area (Å²) in [7, 11) is 0. The molecule has 0 saturated carbocycles. The van der Waals surface area contributed by atoms with Gasteiger partial charge in [0.2, 0.25) is 5.78 Å². The van der Waals surface area contributed by atoms with E-state index in [1.165, 1.54) is 17.5 Å². The second-order valence-electron chi connectivity index (χ2n) is 5.59. The van der Waals surface area contributed by atoms with Crippen molar-refractivity contribution in [2.75, 3.05) is 0 Å². The number of hydrogen-bond acceptors (Lipinski definition) is 5. The predicted molar refractivity (Wildman–Crippen MR) is 97.5 cm³/mol. The van der Waals surface area contributed by atoms with E-state index >= 15 is 0 Å². The summed E-state index contributed by atoms with van der Waals surface area (Å²) in [5, 5.41) is 6.32. The zero-order valence-electron chi connectivity index (χ0n) is 13.6. The second-order valence-corrected chi connectivity index (χ2v) is 6.37. The average Bonchev–Trinajstić information content (AvgIpc) is 3.32. The third-order valence-corrected chi connectivity index (χ3v) is 4.55. The van der Waals surface area contributed by atoms with E-state index in [0.717, 1.165) is 5.56 Å². The minimum atomic E-state index is -1.08. The monoisotopic (exact) mass is 368 g/mol. The van der Waals surface area contributed by atoms with E-state index in [4.69, 9.17) is 5.73 Å². The van der Waals surface area contributed by atoms with Crippen molar-refractivity contribution in [3.8, 4) is 11.3 Å². The minimum absolute atomic E-state index is 0.195. The fourth-order valence-corrected chi connectivity index (χ4v) is 3.23. The van der Waals surface area contributed by atoms with Crippen LogP contribution < -0.4 is 11.1 Å². The molecule has 26 heavy (non-hydrogen) atoms. The molecule has 0 bridgehead atoms. The molecular weight excluding hydrogens is 352 g/mol. The van der Waals surface area contributed by atoms with Crippen molar-refractivity contribution < 1.29 is 14.4 Å². The normalized spacial score (nSPS) is 11.7. The van der Waals surface area contributed by atoms with Crippen molar-refractivity contribution in [1.29, 1.82) is 0 Å². The van der Waals surface area contributed by atoms with Gasteiger partial charge in [0.25, 0.3) is 11.8 Å². The number of primary amides is 1. The van der Waals surface area contributed by atoms with Crippen molar-refractivity contribution in [3.63, 3.8) is 0 Å². The number of nitrogens with two attached hydrogens (primary N) is 1. The Morgan fingerprint density at radius 1 is 1.23 bits per heavy atom. The molecule has 0 fully saturated rings. The number of Topliss-reactive ketones (excluding diaryl/α,β-unsaturated/α-hetero) is 1. The van der Waals surface area contributed by atoms with Gasteiger partial charge in [-0.05, 0) is 34.5 Å². The molecule has 7 nitrogen and oxygen atoms in total. The van der Waals surface area contributed by atoms with E-state index in [9.17, 15) is 14.4 Å². The van der Waals surface area contributed by atoms with Gasteiger partial charge in [-0.1, -0.05) is 6.07 Å². The number of amides is 2. The van der Waals surface area contributed by atoms with Crippen molar-refractivity contribution in [2.24, 2.45) is 5.73 Å². The van der Waals surface area contributed by atoms with Crippen LogP contribution in [0.4, 0.5) is 0 Å². The number of thiophene rings is 1. The Labute approximate surface area is 153 Å². The van der Waals surface area contributed by atoms with Gasteiger partial charge in [-0.15, -0.1) is 0 Å². The van der Waals surface area contributed by atoms with Crippen molar-refractivity contribution in [1.82, 2.24) is 15.3 Å². The summed E-state index contributed by atoms with van der Waals surface area (Å²) in [5.41, 5.74) is 7.52. The number of H-pyrrole nitrogens is 1. The molecule has 0 aliphatic heterocycles. The number of carbonyl (C=O) groups excluding carboxylic acids is 3. The number of rotatable bonds is 7. The van der Waals surface area contributed by atoms with Crippen LogP contribution >= 0.6 is 11.3 Å². The van der Waals surface area contributed by atoms with Gasteiger partial charge in [0, 0.05) is 30.6 Å². The third-order valence-electron chi connectivity index (χ3n) is 3.82. The smallest absolute Gasteiger partial charge is 0.287 e. The maximum atomic E-state index is 12.7. The summed E-state index contributed by atoms with van der Waals surface area (Å²) >= 11 is 1.46. The summed E-state index contributed by atoms with van der Waals surface area (Å²) < 4.78 is 0. The van der Waals surface area contributed by atoms with Gasteiger partial charge in [-0.25, -0.2) is 0 Å². The second kappa shape index (κ2) is 7.75. The Balaban J connectivity index is 1.83. The highest BCUT2D eigenvalue weighted by molar-refractivity contribution is 7.07. The van der Waals surface area contributed by atoms with Gasteiger partial charge < -0.3 is 16.0 Å². The van der Waals surface area contributed by atoms with Crippen LogP contribution in [0.25, 0.3) is 11.3 Å². The highest BCUT2D eigenvalue weighted by Gasteiger charge is 2.27. The molecule has 8 heteroatoms. The van der Waals surface area contributed by atoms with E-state index in [1.54, 1.807) is 24.5 Å². The molecule has 3 rings (SSSR count).